The van der Waals surface area contributed by atoms with Crippen molar-refractivity contribution >= 4 is 16.0 Å². The fourth-order valence-electron chi connectivity index (χ4n) is 2.34. The molecule has 1 saturated carbocycles. The largest absolute Gasteiger partial charge is 0.480 e. The Morgan fingerprint density at radius 1 is 1.45 bits per heavy atom. The summed E-state index contributed by atoms with van der Waals surface area (Å²) in [5, 5.41) is 18.2. The lowest BCUT2D eigenvalue weighted by atomic mass is 10.0. The number of hydrogen-bond donors (Lipinski definition) is 2. The van der Waals surface area contributed by atoms with Gasteiger partial charge in [0, 0.05) is 6.20 Å². The highest BCUT2D eigenvalue weighted by molar-refractivity contribution is 7.89. The van der Waals surface area contributed by atoms with Gasteiger partial charge in [-0.1, -0.05) is 12.8 Å². The molecule has 20 heavy (non-hydrogen) atoms. The first-order chi connectivity index (χ1) is 9.41. The van der Waals surface area contributed by atoms with Crippen LogP contribution in [0.2, 0.25) is 0 Å². The predicted molar refractivity (Wildman–Crippen MR) is 68.1 cm³/mol. The van der Waals surface area contributed by atoms with E-state index in [1.165, 1.54) is 18.3 Å². The van der Waals surface area contributed by atoms with E-state index in [2.05, 4.69) is 9.71 Å². The Morgan fingerprint density at radius 2 is 2.10 bits per heavy atom. The van der Waals surface area contributed by atoms with E-state index >= 15 is 0 Å². The van der Waals surface area contributed by atoms with E-state index < -0.39 is 21.5 Å². The number of pyridine rings is 1. The molecule has 1 fully saturated rings. The molecule has 1 aromatic rings. The smallest absolute Gasteiger partial charge is 0.324 e. The molecule has 0 unspecified atom stereocenters. The predicted octanol–water partition coefficient (Wildman–Crippen LogP) is 0.629. The number of aromatic nitrogens is 1. The van der Waals surface area contributed by atoms with Crippen LogP contribution >= 0.6 is 0 Å². The lowest BCUT2D eigenvalue weighted by Crippen LogP contribution is -2.52. The Kier molecular flexibility index (Phi) is 3.74. The number of carboxylic acid groups (broad SMARTS) is 1. The van der Waals surface area contributed by atoms with E-state index in [9.17, 15) is 18.3 Å². The first kappa shape index (κ1) is 14.4. The van der Waals surface area contributed by atoms with E-state index in [-0.39, 0.29) is 23.4 Å². The van der Waals surface area contributed by atoms with Crippen molar-refractivity contribution in [2.75, 3.05) is 0 Å². The van der Waals surface area contributed by atoms with Gasteiger partial charge < -0.3 is 5.11 Å². The molecule has 1 aliphatic rings. The maximum Gasteiger partial charge on any atom is 0.324 e. The monoisotopic (exact) mass is 295 g/mol. The standard InChI is InChI=1S/C12H13N3O4S/c13-8-9-10(4-3-7-14-9)20(18,19)15-12(11(16)17)5-1-2-6-12/h3-4,7,15H,1-2,5-6H2,(H,16,17). The molecule has 7 nitrogen and oxygen atoms in total. The third-order valence-electron chi connectivity index (χ3n) is 3.36. The lowest BCUT2D eigenvalue weighted by Gasteiger charge is -2.25. The third-order valence-corrected chi connectivity index (χ3v) is 4.93. The molecule has 1 aromatic heterocycles. The van der Waals surface area contributed by atoms with Crippen LogP contribution in [-0.2, 0) is 14.8 Å². The van der Waals surface area contributed by atoms with Gasteiger partial charge in [-0.3, -0.25) is 4.79 Å². The van der Waals surface area contributed by atoms with Gasteiger partial charge in [-0.2, -0.15) is 9.98 Å². The van der Waals surface area contributed by atoms with Gasteiger partial charge in [-0.05, 0) is 25.0 Å². The van der Waals surface area contributed by atoms with E-state index in [0.29, 0.717) is 12.8 Å². The minimum absolute atomic E-state index is 0.240. The number of nitrogens with zero attached hydrogens (tertiary/aromatic N) is 2. The molecule has 0 amide bonds. The molecule has 2 rings (SSSR count). The minimum atomic E-state index is -4.11. The van der Waals surface area contributed by atoms with Crippen molar-refractivity contribution in [2.24, 2.45) is 0 Å². The number of hydrogen-bond acceptors (Lipinski definition) is 5. The van der Waals surface area contributed by atoms with Crippen LogP contribution in [0.1, 0.15) is 31.4 Å². The van der Waals surface area contributed by atoms with E-state index in [4.69, 9.17) is 5.26 Å². The first-order valence-electron chi connectivity index (χ1n) is 6.04. The number of nitrogens with one attached hydrogen (secondary N) is 1. The normalized spacial score (nSPS) is 17.6. The average molecular weight is 295 g/mol. The molecule has 0 aromatic carbocycles. The summed E-state index contributed by atoms with van der Waals surface area (Å²) in [4.78, 5) is 14.8. The molecule has 8 heteroatoms. The quantitative estimate of drug-likeness (QED) is 0.840. The van der Waals surface area contributed by atoms with Crippen molar-refractivity contribution < 1.29 is 18.3 Å². The van der Waals surface area contributed by atoms with Gasteiger partial charge in [-0.15, -0.1) is 0 Å². The fourth-order valence-corrected chi connectivity index (χ4v) is 3.87. The summed E-state index contributed by atoms with van der Waals surface area (Å²) in [5.41, 5.74) is -1.74. The van der Waals surface area contributed by atoms with Crippen LogP contribution in [0.15, 0.2) is 23.2 Å². The molecular weight excluding hydrogens is 282 g/mol. The van der Waals surface area contributed by atoms with Crippen LogP contribution in [0.3, 0.4) is 0 Å². The highest BCUT2D eigenvalue weighted by Crippen LogP contribution is 2.31. The van der Waals surface area contributed by atoms with Crippen LogP contribution in [0.25, 0.3) is 0 Å². The highest BCUT2D eigenvalue weighted by atomic mass is 32.2. The summed E-state index contributed by atoms with van der Waals surface area (Å²) in [7, 11) is -4.11. The summed E-state index contributed by atoms with van der Waals surface area (Å²) in [6.45, 7) is 0. The van der Waals surface area contributed by atoms with Crippen LogP contribution in [-0.4, -0.2) is 30.0 Å². The van der Waals surface area contributed by atoms with E-state index in [1.807, 2.05) is 0 Å². The van der Waals surface area contributed by atoms with Gasteiger partial charge in [-0.25, -0.2) is 13.4 Å². The SMILES string of the molecule is N#Cc1ncccc1S(=O)(=O)NC1(C(=O)O)CCCC1. The topological polar surface area (TPSA) is 120 Å². The van der Waals surface area contributed by atoms with Crippen LogP contribution in [0.5, 0.6) is 0 Å². The summed E-state index contributed by atoms with van der Waals surface area (Å²) >= 11 is 0. The maximum atomic E-state index is 12.3. The molecule has 2 N–H and O–H groups in total. The van der Waals surface area contributed by atoms with Gasteiger partial charge in [0.25, 0.3) is 0 Å². The van der Waals surface area contributed by atoms with E-state index in [1.54, 1.807) is 6.07 Å². The zero-order chi connectivity index (χ0) is 14.8. The Morgan fingerprint density at radius 3 is 2.65 bits per heavy atom. The number of carboxylic acids is 1. The highest BCUT2D eigenvalue weighted by Gasteiger charge is 2.45. The lowest BCUT2D eigenvalue weighted by molar-refractivity contribution is -0.143. The van der Waals surface area contributed by atoms with Gasteiger partial charge in [0.1, 0.15) is 16.5 Å². The van der Waals surface area contributed by atoms with Gasteiger partial charge in [0.05, 0.1) is 0 Å². The van der Waals surface area contributed by atoms with Gasteiger partial charge in [0.15, 0.2) is 5.69 Å². The molecule has 0 radical (unpaired) electrons. The van der Waals surface area contributed by atoms with Crippen molar-refractivity contribution in [3.63, 3.8) is 0 Å². The fraction of sp³-hybridized carbons (Fsp3) is 0.417. The summed E-state index contributed by atoms with van der Waals surface area (Å²) in [6, 6.07) is 4.31. The number of aliphatic carboxylic acids is 1. The van der Waals surface area contributed by atoms with Crippen molar-refractivity contribution in [1.82, 2.24) is 9.71 Å². The molecule has 0 atom stereocenters. The van der Waals surface area contributed by atoms with Gasteiger partial charge >= 0.3 is 5.97 Å². The number of carbonyl (C=O) groups is 1. The molecule has 0 saturated heterocycles. The van der Waals surface area contributed by atoms with Crippen LogP contribution in [0.4, 0.5) is 0 Å². The Hall–Kier alpha value is -1.98. The summed E-state index contributed by atoms with van der Waals surface area (Å²) in [5.74, 6) is -1.19. The molecule has 1 aliphatic carbocycles. The second kappa shape index (κ2) is 5.19. The molecular formula is C12H13N3O4S. The molecule has 1 heterocycles. The van der Waals surface area contributed by atoms with Crippen LogP contribution in [0, 0.1) is 11.3 Å². The first-order valence-corrected chi connectivity index (χ1v) is 7.52. The molecule has 106 valence electrons. The van der Waals surface area contributed by atoms with Crippen molar-refractivity contribution in [1.29, 1.82) is 5.26 Å². The molecule has 0 aliphatic heterocycles. The second-order valence-electron chi connectivity index (χ2n) is 4.66. The second-order valence-corrected chi connectivity index (χ2v) is 6.31. The van der Waals surface area contributed by atoms with Crippen molar-refractivity contribution in [3.05, 3.63) is 24.0 Å². The maximum absolute atomic E-state index is 12.3. The number of rotatable bonds is 4. The number of sulfonamides is 1. The minimum Gasteiger partial charge on any atom is -0.480 e. The molecule has 0 spiro atoms. The Labute approximate surface area is 116 Å². The van der Waals surface area contributed by atoms with Gasteiger partial charge in [0.2, 0.25) is 10.0 Å². The van der Waals surface area contributed by atoms with Crippen molar-refractivity contribution in [2.45, 2.75) is 36.1 Å². The summed E-state index contributed by atoms with van der Waals surface area (Å²) < 4.78 is 26.9. The van der Waals surface area contributed by atoms with Crippen LogP contribution < -0.4 is 4.72 Å². The Balaban J connectivity index is 2.41. The van der Waals surface area contributed by atoms with Crippen molar-refractivity contribution in [3.8, 4) is 6.07 Å². The zero-order valence-electron chi connectivity index (χ0n) is 10.5. The summed E-state index contributed by atoms with van der Waals surface area (Å²) in [6.07, 6.45) is 3.08. The Bertz CT molecular complexity index is 672. The zero-order valence-corrected chi connectivity index (χ0v) is 11.4. The molecule has 0 bridgehead atoms. The average Bonchev–Trinajstić information content (AvgIpc) is 2.88. The third kappa shape index (κ3) is 2.50. The number of nitriles is 1. The van der Waals surface area contributed by atoms with E-state index in [0.717, 1.165) is 0 Å².